The first-order chi connectivity index (χ1) is 19.0. The Morgan fingerprint density at radius 3 is 2.70 bits per heavy atom. The van der Waals surface area contributed by atoms with Gasteiger partial charge in [-0.3, -0.25) is 0 Å². The normalized spacial score (nSPS) is 22.4. The molecule has 14 heteroatoms. The summed E-state index contributed by atoms with van der Waals surface area (Å²) >= 11 is 0. The predicted octanol–water partition coefficient (Wildman–Crippen LogP) is 2.83. The molecule has 10 nitrogen and oxygen atoms in total. The maximum atomic E-state index is 13.6. The van der Waals surface area contributed by atoms with Gasteiger partial charge in [0.15, 0.2) is 17.9 Å². The van der Waals surface area contributed by atoms with Crippen molar-refractivity contribution in [3.8, 4) is 0 Å². The van der Waals surface area contributed by atoms with E-state index in [1.807, 2.05) is 18.0 Å². The molecule has 0 spiro atoms. The van der Waals surface area contributed by atoms with Crippen LogP contribution in [0.15, 0.2) is 42.7 Å². The Kier molecular flexibility index (Phi) is 7.77. The quantitative estimate of drug-likeness (QED) is 0.353. The Morgan fingerprint density at radius 1 is 1.18 bits per heavy atom. The van der Waals surface area contributed by atoms with Crippen LogP contribution in [0.25, 0.3) is 0 Å². The number of halogens is 4. The number of benzene rings is 1. The molecule has 1 fully saturated rings. The van der Waals surface area contributed by atoms with Crippen molar-refractivity contribution in [3.63, 3.8) is 0 Å². The maximum absolute atomic E-state index is 13.6. The second kappa shape index (κ2) is 11.1. The number of ether oxygens (including phenoxy) is 2. The van der Waals surface area contributed by atoms with Crippen molar-refractivity contribution in [2.24, 2.45) is 0 Å². The maximum Gasteiger partial charge on any atom is 0.433 e. The standard InChI is InChI=1S/C26H28F4N6O4/c1-14-16(6-7-19(34-14)26(28,29)30)10-39-11-18-21(37)22(38)25(40-18)36-13-33-20-23(31-12-32-24(20)36)35(2)9-15-4-3-5-17(27)8-15/h3-8,12,18,21-22,25,33,37-38H,9-11,13H2,1-2H3/t18-,21-,22-,25-/m1/s1. The highest BCUT2D eigenvalue weighted by Crippen LogP contribution is 2.40. The highest BCUT2D eigenvalue weighted by Gasteiger charge is 2.47. The minimum absolute atomic E-state index is 0.0490. The Hall–Kier alpha value is -3.59. The highest BCUT2D eigenvalue weighted by atomic mass is 19.4. The molecular weight excluding hydrogens is 536 g/mol. The van der Waals surface area contributed by atoms with Crippen molar-refractivity contribution in [2.75, 3.05) is 35.4 Å². The zero-order valence-electron chi connectivity index (χ0n) is 21.6. The molecule has 3 aromatic rings. The van der Waals surface area contributed by atoms with Crippen LogP contribution in [0.2, 0.25) is 0 Å². The molecule has 0 bridgehead atoms. The topological polar surface area (TPSA) is 116 Å². The van der Waals surface area contributed by atoms with Crippen molar-refractivity contribution in [1.82, 2.24) is 15.0 Å². The minimum Gasteiger partial charge on any atom is -0.387 e. The van der Waals surface area contributed by atoms with Crippen molar-refractivity contribution >= 4 is 17.3 Å². The van der Waals surface area contributed by atoms with Crippen molar-refractivity contribution in [2.45, 2.75) is 50.8 Å². The smallest absolute Gasteiger partial charge is 0.387 e. The van der Waals surface area contributed by atoms with Gasteiger partial charge in [-0.05, 0) is 36.2 Å². The molecule has 0 unspecified atom stereocenters. The van der Waals surface area contributed by atoms with Gasteiger partial charge in [0.05, 0.1) is 19.9 Å². The molecule has 2 aliphatic rings. The number of anilines is 3. The fraction of sp³-hybridized carbons (Fsp3) is 0.423. The Labute approximate surface area is 227 Å². The molecular formula is C26H28F4N6O4. The lowest BCUT2D eigenvalue weighted by Crippen LogP contribution is -2.44. The summed E-state index contributed by atoms with van der Waals surface area (Å²) in [5, 5.41) is 24.6. The average Bonchev–Trinajstić information content (AvgIpc) is 3.45. The fourth-order valence-corrected chi connectivity index (χ4v) is 4.78. The van der Waals surface area contributed by atoms with Crippen LogP contribution >= 0.6 is 0 Å². The molecule has 2 aromatic heterocycles. The molecule has 2 aliphatic heterocycles. The molecule has 0 amide bonds. The van der Waals surface area contributed by atoms with E-state index in [0.29, 0.717) is 29.4 Å². The summed E-state index contributed by atoms with van der Waals surface area (Å²) in [6.45, 7) is 1.89. The Morgan fingerprint density at radius 2 is 1.98 bits per heavy atom. The van der Waals surface area contributed by atoms with Gasteiger partial charge in [0, 0.05) is 19.3 Å². The van der Waals surface area contributed by atoms with Crippen LogP contribution in [-0.2, 0) is 28.8 Å². The van der Waals surface area contributed by atoms with E-state index in [2.05, 4.69) is 20.3 Å². The number of fused-ring (bicyclic) bond motifs is 1. The van der Waals surface area contributed by atoms with E-state index in [0.717, 1.165) is 11.6 Å². The van der Waals surface area contributed by atoms with Crippen LogP contribution in [0.1, 0.15) is 22.5 Å². The third-order valence-electron chi connectivity index (χ3n) is 6.85. The molecule has 0 saturated carbocycles. The number of aliphatic hydroxyl groups excluding tert-OH is 2. The summed E-state index contributed by atoms with van der Waals surface area (Å²) in [7, 11) is 1.81. The SMILES string of the molecule is Cc1nc(C(F)(F)F)ccc1COC[C@H]1O[C@@H](N2CNc3c(N(C)Cc4cccc(F)c4)ncnc32)[C@H](O)[C@@H]1O. The van der Waals surface area contributed by atoms with Gasteiger partial charge in [0.25, 0.3) is 0 Å². The monoisotopic (exact) mass is 564 g/mol. The van der Waals surface area contributed by atoms with Gasteiger partial charge in [-0.15, -0.1) is 0 Å². The third kappa shape index (κ3) is 5.66. The first-order valence-corrected chi connectivity index (χ1v) is 12.5. The third-order valence-corrected chi connectivity index (χ3v) is 6.85. The number of nitrogens with zero attached hydrogens (tertiary/aromatic N) is 5. The van der Waals surface area contributed by atoms with E-state index < -0.39 is 36.4 Å². The van der Waals surface area contributed by atoms with E-state index in [4.69, 9.17) is 9.47 Å². The summed E-state index contributed by atoms with van der Waals surface area (Å²) in [6, 6.07) is 8.44. The van der Waals surface area contributed by atoms with Gasteiger partial charge in [-0.2, -0.15) is 13.2 Å². The van der Waals surface area contributed by atoms with E-state index in [9.17, 15) is 27.8 Å². The summed E-state index contributed by atoms with van der Waals surface area (Å²) in [5.41, 5.74) is 1.00. The number of aromatic nitrogens is 3. The number of hydrogen-bond donors (Lipinski definition) is 3. The van der Waals surface area contributed by atoms with E-state index in [1.54, 1.807) is 11.0 Å². The van der Waals surface area contributed by atoms with Crippen molar-refractivity contribution < 1.29 is 37.2 Å². The number of alkyl halides is 3. The Balaban J connectivity index is 1.23. The van der Waals surface area contributed by atoms with Gasteiger partial charge < -0.3 is 34.8 Å². The molecule has 4 heterocycles. The number of aliphatic hydroxyl groups is 2. The second-order valence-corrected chi connectivity index (χ2v) is 9.69. The molecule has 40 heavy (non-hydrogen) atoms. The lowest BCUT2D eigenvalue weighted by Gasteiger charge is -2.27. The van der Waals surface area contributed by atoms with Crippen molar-refractivity contribution in [1.29, 1.82) is 0 Å². The number of aryl methyl sites for hydroxylation is 1. The lowest BCUT2D eigenvalue weighted by molar-refractivity contribution is -0.141. The van der Waals surface area contributed by atoms with Gasteiger partial charge in [-0.1, -0.05) is 18.2 Å². The molecule has 5 rings (SSSR count). The van der Waals surface area contributed by atoms with Gasteiger partial charge in [0.2, 0.25) is 0 Å². The summed E-state index contributed by atoms with van der Waals surface area (Å²) in [6.07, 6.45) is -7.60. The van der Waals surface area contributed by atoms with E-state index in [1.165, 1.54) is 31.5 Å². The molecule has 1 saturated heterocycles. The number of hydrogen-bond acceptors (Lipinski definition) is 10. The molecule has 214 valence electrons. The fourth-order valence-electron chi connectivity index (χ4n) is 4.78. The average molecular weight is 565 g/mol. The summed E-state index contributed by atoms with van der Waals surface area (Å²) in [5.74, 6) is 0.685. The summed E-state index contributed by atoms with van der Waals surface area (Å²) < 4.78 is 63.8. The Bertz CT molecular complexity index is 1360. The van der Waals surface area contributed by atoms with Gasteiger partial charge in [-0.25, -0.2) is 19.3 Å². The highest BCUT2D eigenvalue weighted by molar-refractivity contribution is 5.82. The van der Waals surface area contributed by atoms with Crippen LogP contribution in [-0.4, -0.2) is 70.0 Å². The largest absolute Gasteiger partial charge is 0.433 e. The van der Waals surface area contributed by atoms with Crippen LogP contribution in [0, 0.1) is 12.7 Å². The lowest BCUT2D eigenvalue weighted by atomic mass is 10.1. The predicted molar refractivity (Wildman–Crippen MR) is 136 cm³/mol. The molecule has 0 radical (unpaired) electrons. The number of nitrogens with one attached hydrogen (secondary N) is 1. The summed E-state index contributed by atoms with van der Waals surface area (Å²) in [4.78, 5) is 15.8. The van der Waals surface area contributed by atoms with E-state index >= 15 is 0 Å². The van der Waals surface area contributed by atoms with Crippen molar-refractivity contribution in [3.05, 3.63) is 71.1 Å². The van der Waals surface area contributed by atoms with Crippen LogP contribution in [0.5, 0.6) is 0 Å². The van der Waals surface area contributed by atoms with Crippen LogP contribution < -0.4 is 15.1 Å². The second-order valence-electron chi connectivity index (χ2n) is 9.69. The van der Waals surface area contributed by atoms with Gasteiger partial charge in [0.1, 0.15) is 41.8 Å². The number of rotatable bonds is 8. The zero-order chi connectivity index (χ0) is 28.6. The van der Waals surface area contributed by atoms with E-state index in [-0.39, 0.29) is 31.4 Å². The molecule has 4 atom stereocenters. The van der Waals surface area contributed by atoms with Crippen LogP contribution in [0.4, 0.5) is 34.9 Å². The van der Waals surface area contributed by atoms with Gasteiger partial charge >= 0.3 is 6.18 Å². The van der Waals surface area contributed by atoms with Crippen LogP contribution in [0.3, 0.4) is 0 Å². The first kappa shape index (κ1) is 28.0. The zero-order valence-corrected chi connectivity index (χ0v) is 21.6. The molecule has 0 aliphatic carbocycles. The number of pyridine rings is 1. The molecule has 3 N–H and O–H groups in total. The minimum atomic E-state index is -4.54. The first-order valence-electron chi connectivity index (χ1n) is 12.5. The molecule has 1 aromatic carbocycles.